The lowest BCUT2D eigenvalue weighted by Gasteiger charge is -2.15. The highest BCUT2D eigenvalue weighted by molar-refractivity contribution is 7.47. The highest BCUT2D eigenvalue weighted by Gasteiger charge is 2.23. The van der Waals surface area contributed by atoms with E-state index in [2.05, 4.69) is 77.5 Å². The van der Waals surface area contributed by atoms with E-state index in [1.807, 2.05) is 19.1 Å². The van der Waals surface area contributed by atoms with Gasteiger partial charge in [-0.3, -0.25) is 18.6 Å². The summed E-state index contributed by atoms with van der Waals surface area (Å²) in [7, 11) is -4.40. The molecule has 0 heterocycles. The molecule has 0 aromatic heterocycles. The number of allylic oxidation sites excluding steroid dienone is 12. The maximum Gasteiger partial charge on any atom is 0.472 e. The molecule has 0 aliphatic carbocycles. The van der Waals surface area contributed by atoms with E-state index in [0.717, 1.165) is 38.5 Å². The molecular weight excluding hydrogens is 545 g/mol. The first-order valence-electron chi connectivity index (χ1n) is 14.4. The topological polar surface area (TPSA) is 131 Å². The van der Waals surface area contributed by atoms with Gasteiger partial charge in [0.1, 0.15) is 12.7 Å². The fourth-order valence-corrected chi connectivity index (χ4v) is 3.78. The molecule has 10 heteroatoms. The number of nitrogens with one attached hydrogen (secondary N) is 1. The Morgan fingerprint density at radius 3 is 1.78 bits per heavy atom. The van der Waals surface area contributed by atoms with Gasteiger partial charge in [0.2, 0.25) is 5.91 Å². The first kappa shape index (κ1) is 38.5. The second-order valence-corrected chi connectivity index (χ2v) is 10.4. The fraction of sp³-hybridized carbons (Fsp3) is 0.548. The third kappa shape index (κ3) is 28.8. The van der Waals surface area contributed by atoms with Crippen molar-refractivity contribution in [3.05, 3.63) is 72.9 Å². The second kappa shape index (κ2) is 27.6. The quantitative estimate of drug-likeness (QED) is 0.0477. The number of aliphatic hydroxyl groups is 1. The monoisotopic (exact) mass is 595 g/mol. The van der Waals surface area contributed by atoms with E-state index >= 15 is 0 Å². The van der Waals surface area contributed by atoms with Gasteiger partial charge in [-0.1, -0.05) is 86.8 Å². The third-order valence-corrected chi connectivity index (χ3v) is 6.12. The van der Waals surface area contributed by atoms with Crippen LogP contribution in [0, 0.1) is 0 Å². The molecule has 0 radical (unpaired) electrons. The van der Waals surface area contributed by atoms with Crippen LogP contribution in [0.1, 0.15) is 78.1 Å². The summed E-state index contributed by atoms with van der Waals surface area (Å²) < 4.78 is 26.0. The Morgan fingerprint density at radius 2 is 1.27 bits per heavy atom. The number of amides is 1. The lowest BCUT2D eigenvalue weighted by molar-refractivity contribution is -0.147. The van der Waals surface area contributed by atoms with Crippen molar-refractivity contribution in [1.29, 1.82) is 0 Å². The van der Waals surface area contributed by atoms with Crippen LogP contribution in [-0.4, -0.2) is 54.3 Å². The number of aliphatic hydroxyl groups excluding tert-OH is 1. The zero-order valence-corrected chi connectivity index (χ0v) is 25.6. The average molecular weight is 596 g/mol. The van der Waals surface area contributed by atoms with Crippen molar-refractivity contribution in [1.82, 2.24) is 5.32 Å². The molecule has 0 fully saturated rings. The minimum Gasteiger partial charge on any atom is -0.463 e. The van der Waals surface area contributed by atoms with Gasteiger partial charge < -0.3 is 20.1 Å². The van der Waals surface area contributed by atoms with Crippen molar-refractivity contribution >= 4 is 19.7 Å². The van der Waals surface area contributed by atoms with Gasteiger partial charge in [-0.05, 0) is 51.4 Å². The summed E-state index contributed by atoms with van der Waals surface area (Å²) >= 11 is 0. The summed E-state index contributed by atoms with van der Waals surface area (Å²) in [5.74, 6) is -0.669. The van der Waals surface area contributed by atoms with Crippen LogP contribution in [0.2, 0.25) is 0 Å². The van der Waals surface area contributed by atoms with Crippen LogP contribution < -0.4 is 5.32 Å². The number of hydrogen-bond donors (Lipinski definition) is 3. The predicted octanol–water partition coefficient (Wildman–Crippen LogP) is 6.42. The van der Waals surface area contributed by atoms with Crippen molar-refractivity contribution in [3.63, 3.8) is 0 Å². The number of phosphoric acid groups is 1. The Balaban J connectivity index is 3.78. The van der Waals surface area contributed by atoms with E-state index < -0.39 is 26.5 Å². The minimum atomic E-state index is -4.40. The molecule has 3 N–H and O–H groups in total. The Labute approximate surface area is 246 Å². The normalized spacial score (nSPS) is 14.7. The highest BCUT2D eigenvalue weighted by Crippen LogP contribution is 2.42. The van der Waals surface area contributed by atoms with Gasteiger partial charge in [0.15, 0.2) is 0 Å². The largest absolute Gasteiger partial charge is 0.472 e. The maximum atomic E-state index is 11.9. The van der Waals surface area contributed by atoms with E-state index in [1.165, 1.54) is 0 Å². The molecule has 0 aliphatic heterocycles. The number of hydrogen-bond acceptors (Lipinski definition) is 7. The van der Waals surface area contributed by atoms with Crippen LogP contribution in [-0.2, 0) is 27.9 Å². The Morgan fingerprint density at radius 1 is 0.756 bits per heavy atom. The zero-order valence-electron chi connectivity index (χ0n) is 24.7. The molecule has 0 aromatic rings. The number of carbonyl (C=O) groups is 2. The molecule has 0 saturated carbocycles. The minimum absolute atomic E-state index is 0.0354. The van der Waals surface area contributed by atoms with Gasteiger partial charge in [0.25, 0.3) is 0 Å². The van der Waals surface area contributed by atoms with Gasteiger partial charge in [0.05, 0.1) is 13.2 Å². The van der Waals surface area contributed by atoms with Crippen LogP contribution in [0.5, 0.6) is 0 Å². The Bertz CT molecular complexity index is 908. The number of phosphoric ester groups is 1. The summed E-state index contributed by atoms with van der Waals surface area (Å²) in [6, 6.07) is 0. The average Bonchev–Trinajstić information content (AvgIpc) is 2.94. The van der Waals surface area contributed by atoms with E-state index in [4.69, 9.17) is 9.26 Å². The van der Waals surface area contributed by atoms with Gasteiger partial charge in [0, 0.05) is 19.4 Å². The molecule has 0 saturated heterocycles. The molecule has 9 nitrogen and oxygen atoms in total. The Kier molecular flexibility index (Phi) is 25.9. The lowest BCUT2D eigenvalue weighted by atomic mass is 10.2. The Hall–Kier alpha value is -2.55. The van der Waals surface area contributed by atoms with Crippen molar-refractivity contribution in [2.45, 2.75) is 84.2 Å². The summed E-state index contributed by atoms with van der Waals surface area (Å²) in [6.07, 6.45) is 31.6. The molecular formula is C31H50NO8P. The van der Waals surface area contributed by atoms with Crippen molar-refractivity contribution in [2.75, 3.05) is 26.4 Å². The maximum absolute atomic E-state index is 11.9. The van der Waals surface area contributed by atoms with Gasteiger partial charge in [-0.2, -0.15) is 0 Å². The van der Waals surface area contributed by atoms with Gasteiger partial charge in [-0.15, -0.1) is 0 Å². The molecule has 0 aliphatic rings. The first-order chi connectivity index (χ1) is 19.8. The summed E-state index contributed by atoms with van der Waals surface area (Å²) in [4.78, 5) is 32.7. The van der Waals surface area contributed by atoms with E-state index in [0.29, 0.717) is 19.3 Å². The first-order valence-corrected chi connectivity index (χ1v) is 15.9. The number of esters is 1. The SMILES string of the molecule is CC/C=C\C/C=C\C/C=C\C/C=C\C/C=C\C/C=C\CCC(=O)NCCOP(=O)(O)OCC(O)COC(=O)CCC. The predicted molar refractivity (Wildman–Crippen MR) is 164 cm³/mol. The van der Waals surface area contributed by atoms with E-state index in [9.17, 15) is 24.2 Å². The molecule has 0 aromatic carbocycles. The van der Waals surface area contributed by atoms with Crippen LogP contribution in [0.4, 0.5) is 0 Å². The molecule has 1 amide bonds. The lowest BCUT2D eigenvalue weighted by Crippen LogP contribution is -2.27. The molecule has 2 atom stereocenters. The molecule has 41 heavy (non-hydrogen) atoms. The smallest absolute Gasteiger partial charge is 0.463 e. The fourth-order valence-electron chi connectivity index (χ4n) is 3.02. The highest BCUT2D eigenvalue weighted by atomic mass is 31.2. The number of ether oxygens (including phenoxy) is 1. The van der Waals surface area contributed by atoms with Crippen molar-refractivity contribution in [3.8, 4) is 0 Å². The molecule has 2 unspecified atom stereocenters. The number of rotatable bonds is 25. The summed E-state index contributed by atoms with van der Waals surface area (Å²) in [5.41, 5.74) is 0. The van der Waals surface area contributed by atoms with E-state index in [-0.39, 0.29) is 32.1 Å². The van der Waals surface area contributed by atoms with E-state index in [1.54, 1.807) is 0 Å². The zero-order chi connectivity index (χ0) is 30.4. The van der Waals surface area contributed by atoms with Crippen LogP contribution >= 0.6 is 7.82 Å². The van der Waals surface area contributed by atoms with Crippen LogP contribution in [0.25, 0.3) is 0 Å². The van der Waals surface area contributed by atoms with Crippen LogP contribution in [0.3, 0.4) is 0 Å². The molecule has 0 spiro atoms. The van der Waals surface area contributed by atoms with Crippen molar-refractivity contribution < 1.29 is 37.9 Å². The standard InChI is InChI=1S/C31H50NO8P/c1-3-5-6-7-8-9-10-11-12-13-14-15-16-17-18-19-20-21-22-24-30(34)32-25-26-39-41(36,37)40-28-29(33)27-38-31(35)23-4-2/h5-6,8-9,11-12,14-15,17-18,20-21,29,33H,3-4,7,10,13,16,19,22-28H2,1-2H3,(H,32,34)(H,36,37)/b6-5-,9-8-,12-11-,15-14-,18-17-,21-20-. The van der Waals surface area contributed by atoms with Gasteiger partial charge in [-0.25, -0.2) is 4.57 Å². The summed E-state index contributed by atoms with van der Waals surface area (Å²) in [6.45, 7) is 2.87. The third-order valence-electron chi connectivity index (χ3n) is 5.13. The van der Waals surface area contributed by atoms with Gasteiger partial charge >= 0.3 is 13.8 Å². The molecule has 0 rings (SSSR count). The number of carbonyl (C=O) groups excluding carboxylic acids is 2. The second-order valence-electron chi connectivity index (χ2n) is 8.99. The molecule has 232 valence electrons. The van der Waals surface area contributed by atoms with Crippen LogP contribution in [0.15, 0.2) is 72.9 Å². The van der Waals surface area contributed by atoms with Crippen molar-refractivity contribution in [2.24, 2.45) is 0 Å². The summed E-state index contributed by atoms with van der Waals surface area (Å²) in [5, 5.41) is 12.3. The molecule has 0 bridgehead atoms.